The lowest BCUT2D eigenvalue weighted by Crippen LogP contribution is -2.11. The van der Waals surface area contributed by atoms with Gasteiger partial charge in [-0.2, -0.15) is 0 Å². The maximum atomic E-state index is 14.3. The molecule has 0 spiro atoms. The summed E-state index contributed by atoms with van der Waals surface area (Å²) in [5.74, 6) is -2.04. The first-order valence-corrected chi connectivity index (χ1v) is 9.08. The van der Waals surface area contributed by atoms with E-state index < -0.39 is 23.6 Å². The number of ether oxygens (including phenoxy) is 2. The molecule has 7 heteroatoms. The molecule has 0 aliphatic heterocycles. The van der Waals surface area contributed by atoms with Gasteiger partial charge in [-0.15, -0.1) is 11.3 Å². The normalized spacial score (nSPS) is 10.8. The van der Waals surface area contributed by atoms with Crippen LogP contribution in [0.2, 0.25) is 0 Å². The minimum Gasteiger partial charge on any atom is -0.462 e. The largest absolute Gasteiger partial charge is 0.462 e. The summed E-state index contributed by atoms with van der Waals surface area (Å²) >= 11 is 1.10. The summed E-state index contributed by atoms with van der Waals surface area (Å²) in [5.41, 5.74) is 0.882. The molecule has 1 aromatic heterocycles. The van der Waals surface area contributed by atoms with Crippen LogP contribution < -0.4 is 0 Å². The van der Waals surface area contributed by atoms with E-state index in [9.17, 15) is 18.4 Å². The number of fused-ring (bicyclic) bond motifs is 1. The Morgan fingerprint density at radius 3 is 2.48 bits per heavy atom. The summed E-state index contributed by atoms with van der Waals surface area (Å²) in [6, 6.07) is 10.0. The first kappa shape index (κ1) is 19.0. The molecule has 3 rings (SSSR count). The van der Waals surface area contributed by atoms with Crippen molar-refractivity contribution in [1.29, 1.82) is 0 Å². The summed E-state index contributed by atoms with van der Waals surface area (Å²) in [4.78, 5) is 24.5. The second-order valence-electron chi connectivity index (χ2n) is 5.71. The van der Waals surface area contributed by atoms with Gasteiger partial charge in [0, 0.05) is 15.6 Å². The smallest absolute Gasteiger partial charge is 0.348 e. The van der Waals surface area contributed by atoms with Crippen molar-refractivity contribution in [2.24, 2.45) is 0 Å². The fourth-order valence-corrected chi connectivity index (χ4v) is 3.75. The Hall–Kier alpha value is -2.80. The van der Waals surface area contributed by atoms with E-state index in [4.69, 9.17) is 9.47 Å². The zero-order valence-corrected chi connectivity index (χ0v) is 15.3. The third-order valence-corrected chi connectivity index (χ3v) is 5.04. The molecule has 0 unspecified atom stereocenters. The molecule has 140 valence electrons. The first-order valence-electron chi connectivity index (χ1n) is 8.26. The molecule has 0 fully saturated rings. The SMILES string of the molecule is CCOC(=O)c1sc2cccc(F)c2c1COC(=O)Cc1ccc(F)cc1. The van der Waals surface area contributed by atoms with Gasteiger partial charge in [-0.1, -0.05) is 18.2 Å². The average molecular weight is 390 g/mol. The van der Waals surface area contributed by atoms with Crippen molar-refractivity contribution in [3.05, 3.63) is 70.1 Å². The Labute approximate surface area is 158 Å². The van der Waals surface area contributed by atoms with Crippen LogP contribution in [-0.2, 0) is 27.3 Å². The van der Waals surface area contributed by atoms with Gasteiger partial charge in [0.2, 0.25) is 0 Å². The number of thiophene rings is 1. The second-order valence-corrected chi connectivity index (χ2v) is 6.76. The Morgan fingerprint density at radius 2 is 1.78 bits per heavy atom. The Bertz CT molecular complexity index is 980. The third kappa shape index (κ3) is 4.31. The number of hydrogen-bond acceptors (Lipinski definition) is 5. The molecule has 0 bridgehead atoms. The molecule has 2 aromatic carbocycles. The molecule has 4 nitrogen and oxygen atoms in total. The predicted octanol–water partition coefficient (Wildman–Crippen LogP) is 4.64. The highest BCUT2D eigenvalue weighted by atomic mass is 32.1. The fourth-order valence-electron chi connectivity index (χ4n) is 2.64. The van der Waals surface area contributed by atoms with Gasteiger partial charge in [-0.3, -0.25) is 4.79 Å². The highest BCUT2D eigenvalue weighted by molar-refractivity contribution is 7.21. The van der Waals surface area contributed by atoms with Crippen molar-refractivity contribution in [3.8, 4) is 0 Å². The molecule has 1 heterocycles. The molecule has 27 heavy (non-hydrogen) atoms. The molecule has 0 saturated heterocycles. The van der Waals surface area contributed by atoms with Crippen LogP contribution in [0.15, 0.2) is 42.5 Å². The molecular formula is C20H16F2O4S. The van der Waals surface area contributed by atoms with Crippen LogP contribution in [0.4, 0.5) is 8.78 Å². The molecule has 0 aliphatic rings. The fraction of sp³-hybridized carbons (Fsp3) is 0.200. The summed E-state index contributed by atoms with van der Waals surface area (Å²) < 4.78 is 38.1. The number of carbonyl (C=O) groups excluding carboxylic acids is 2. The molecule has 3 aromatic rings. The van der Waals surface area contributed by atoms with E-state index in [1.54, 1.807) is 19.1 Å². The van der Waals surface area contributed by atoms with Gasteiger partial charge in [-0.25, -0.2) is 13.6 Å². The van der Waals surface area contributed by atoms with Crippen LogP contribution >= 0.6 is 11.3 Å². The average Bonchev–Trinajstić information content (AvgIpc) is 3.02. The number of halogens is 2. The van der Waals surface area contributed by atoms with Crippen molar-refractivity contribution in [2.75, 3.05) is 6.61 Å². The lowest BCUT2D eigenvalue weighted by atomic mass is 10.1. The van der Waals surface area contributed by atoms with E-state index in [0.717, 1.165) is 11.3 Å². The maximum absolute atomic E-state index is 14.3. The van der Waals surface area contributed by atoms with Crippen LogP contribution in [0.5, 0.6) is 0 Å². The van der Waals surface area contributed by atoms with Gasteiger partial charge in [0.05, 0.1) is 13.0 Å². The summed E-state index contributed by atoms with van der Waals surface area (Å²) in [7, 11) is 0. The topological polar surface area (TPSA) is 52.6 Å². The molecule has 0 aliphatic carbocycles. The van der Waals surface area contributed by atoms with Crippen molar-refractivity contribution in [2.45, 2.75) is 20.0 Å². The van der Waals surface area contributed by atoms with Crippen molar-refractivity contribution in [1.82, 2.24) is 0 Å². The van der Waals surface area contributed by atoms with Gasteiger partial charge in [0.1, 0.15) is 23.1 Å². The van der Waals surface area contributed by atoms with Gasteiger partial charge in [0.15, 0.2) is 0 Å². The van der Waals surface area contributed by atoms with Gasteiger partial charge in [0.25, 0.3) is 0 Å². The van der Waals surface area contributed by atoms with Crippen LogP contribution in [0.25, 0.3) is 10.1 Å². The van der Waals surface area contributed by atoms with Crippen molar-refractivity contribution >= 4 is 33.4 Å². The number of carbonyl (C=O) groups is 2. The summed E-state index contributed by atoms with van der Waals surface area (Å²) in [5, 5.41) is 0.250. The van der Waals surface area contributed by atoms with Crippen LogP contribution in [0.1, 0.15) is 27.7 Å². The zero-order chi connectivity index (χ0) is 19.4. The standard InChI is InChI=1S/C20H16F2O4S/c1-2-25-20(24)19-14(18-15(22)4-3-5-16(18)27-19)11-26-17(23)10-12-6-8-13(21)9-7-12/h3-9H,2,10-11H2,1H3. The maximum Gasteiger partial charge on any atom is 0.348 e. The van der Waals surface area contributed by atoms with Gasteiger partial charge < -0.3 is 9.47 Å². The molecular weight excluding hydrogens is 374 g/mol. The number of esters is 2. The summed E-state index contributed by atoms with van der Waals surface area (Å²) in [6.45, 7) is 1.60. The third-order valence-electron chi connectivity index (χ3n) is 3.86. The van der Waals surface area contributed by atoms with E-state index in [1.165, 1.54) is 30.3 Å². The monoisotopic (exact) mass is 390 g/mol. The Balaban J connectivity index is 1.82. The van der Waals surface area contributed by atoms with Crippen molar-refractivity contribution < 1.29 is 27.8 Å². The van der Waals surface area contributed by atoms with Crippen LogP contribution in [-0.4, -0.2) is 18.5 Å². The van der Waals surface area contributed by atoms with E-state index in [-0.39, 0.29) is 29.9 Å². The molecule has 0 amide bonds. The molecule has 0 saturated carbocycles. The number of benzene rings is 2. The highest BCUT2D eigenvalue weighted by Crippen LogP contribution is 2.34. The van der Waals surface area contributed by atoms with E-state index >= 15 is 0 Å². The highest BCUT2D eigenvalue weighted by Gasteiger charge is 2.22. The minimum atomic E-state index is -0.581. The van der Waals surface area contributed by atoms with E-state index in [2.05, 4.69) is 0 Å². The zero-order valence-electron chi connectivity index (χ0n) is 14.5. The quantitative estimate of drug-likeness (QED) is 0.576. The second kappa shape index (κ2) is 8.26. The molecule has 0 N–H and O–H groups in total. The first-order chi connectivity index (χ1) is 13.0. The minimum absolute atomic E-state index is 0.0560. The number of rotatable bonds is 6. The van der Waals surface area contributed by atoms with E-state index in [0.29, 0.717) is 15.8 Å². The lowest BCUT2D eigenvalue weighted by molar-refractivity contribution is -0.144. The van der Waals surface area contributed by atoms with Gasteiger partial charge in [-0.05, 0) is 36.8 Å². The van der Waals surface area contributed by atoms with Crippen LogP contribution in [0.3, 0.4) is 0 Å². The Kier molecular flexibility index (Phi) is 5.81. The van der Waals surface area contributed by atoms with Crippen molar-refractivity contribution in [3.63, 3.8) is 0 Å². The summed E-state index contributed by atoms with van der Waals surface area (Å²) in [6.07, 6.45) is -0.0560. The predicted molar refractivity (Wildman–Crippen MR) is 97.6 cm³/mol. The van der Waals surface area contributed by atoms with E-state index in [1.807, 2.05) is 0 Å². The lowest BCUT2D eigenvalue weighted by Gasteiger charge is -2.07. The molecule has 0 atom stereocenters. The number of hydrogen-bond donors (Lipinski definition) is 0. The van der Waals surface area contributed by atoms with Crippen LogP contribution in [0, 0.1) is 11.6 Å². The molecule has 0 radical (unpaired) electrons. The Morgan fingerprint density at radius 1 is 1.04 bits per heavy atom. The van der Waals surface area contributed by atoms with Gasteiger partial charge >= 0.3 is 11.9 Å².